The van der Waals surface area contributed by atoms with E-state index in [2.05, 4.69) is 15.4 Å². The maximum atomic E-state index is 12.0. The van der Waals surface area contributed by atoms with Gasteiger partial charge in [-0.3, -0.25) is 9.59 Å². The van der Waals surface area contributed by atoms with E-state index in [9.17, 15) is 22.8 Å². The van der Waals surface area contributed by atoms with Gasteiger partial charge in [-0.05, 0) is 46.7 Å². The molecular weight excluding hydrogens is 333 g/mol. The van der Waals surface area contributed by atoms with Crippen molar-refractivity contribution in [3.8, 4) is 5.75 Å². The van der Waals surface area contributed by atoms with Crippen LogP contribution in [0, 0.1) is 0 Å². The number of alkyl halides is 3. The highest BCUT2D eigenvalue weighted by Crippen LogP contribution is 2.23. The monoisotopic (exact) mass is 344 g/mol. The zero-order valence-electron chi connectivity index (χ0n) is 11.5. The summed E-state index contributed by atoms with van der Waals surface area (Å²) in [4.78, 5) is 23.3. The minimum absolute atomic E-state index is 0.176. The summed E-state index contributed by atoms with van der Waals surface area (Å²) < 4.78 is 39.7. The van der Waals surface area contributed by atoms with Crippen LogP contribution in [0.3, 0.4) is 0 Å². The van der Waals surface area contributed by atoms with Gasteiger partial charge in [0, 0.05) is 12.2 Å². The van der Waals surface area contributed by atoms with E-state index in [-0.39, 0.29) is 12.2 Å². The van der Waals surface area contributed by atoms with Crippen LogP contribution in [0.25, 0.3) is 0 Å². The molecule has 0 radical (unpaired) electrons. The Morgan fingerprint density at radius 3 is 2.35 bits per heavy atom. The third-order valence-electron chi connectivity index (χ3n) is 2.59. The van der Waals surface area contributed by atoms with E-state index < -0.39 is 23.9 Å². The molecule has 0 aliphatic carbocycles. The van der Waals surface area contributed by atoms with E-state index in [0.29, 0.717) is 0 Å². The van der Waals surface area contributed by atoms with Gasteiger partial charge in [0.1, 0.15) is 5.75 Å². The van der Waals surface area contributed by atoms with Gasteiger partial charge in [-0.1, -0.05) is 0 Å². The van der Waals surface area contributed by atoms with Crippen molar-refractivity contribution in [2.45, 2.75) is 12.9 Å². The zero-order chi connectivity index (χ0) is 16.9. The van der Waals surface area contributed by atoms with Crippen molar-refractivity contribution in [2.24, 2.45) is 0 Å². The van der Waals surface area contributed by atoms with Gasteiger partial charge in [0.15, 0.2) is 0 Å². The van der Waals surface area contributed by atoms with E-state index in [0.717, 1.165) is 17.7 Å². The molecule has 9 heteroatoms. The molecule has 0 saturated heterocycles. The van der Waals surface area contributed by atoms with Crippen LogP contribution in [0.5, 0.6) is 5.75 Å². The molecule has 0 saturated carbocycles. The Morgan fingerprint density at radius 1 is 1.09 bits per heavy atom. The van der Waals surface area contributed by atoms with Crippen LogP contribution in [0.1, 0.15) is 5.56 Å². The van der Waals surface area contributed by atoms with Crippen LogP contribution >= 0.6 is 11.3 Å². The van der Waals surface area contributed by atoms with Crippen molar-refractivity contribution in [1.82, 2.24) is 5.32 Å². The molecule has 0 aliphatic rings. The van der Waals surface area contributed by atoms with Crippen LogP contribution in [0.15, 0.2) is 41.1 Å². The molecule has 0 atom stereocenters. The van der Waals surface area contributed by atoms with Gasteiger partial charge in [-0.15, -0.1) is 13.2 Å². The Labute approximate surface area is 133 Å². The van der Waals surface area contributed by atoms with Crippen LogP contribution in [-0.4, -0.2) is 18.2 Å². The van der Waals surface area contributed by atoms with E-state index in [1.54, 1.807) is 0 Å². The molecule has 2 rings (SSSR count). The summed E-state index contributed by atoms with van der Waals surface area (Å²) in [6.07, 6.45) is -4.79. The maximum absolute atomic E-state index is 12.0. The quantitative estimate of drug-likeness (QED) is 0.838. The number of thiophene rings is 1. The number of hydrogen-bond donors (Lipinski definition) is 2. The fourth-order valence-electron chi connectivity index (χ4n) is 1.58. The third kappa shape index (κ3) is 5.62. The number of rotatable bonds is 4. The summed E-state index contributed by atoms with van der Waals surface area (Å²) in [5, 5.41) is 8.38. The van der Waals surface area contributed by atoms with Gasteiger partial charge in [0.25, 0.3) is 0 Å². The standard InChI is InChI=1S/C14H11F3N2O3S/c15-14(16,17)22-11-3-1-10(2-4-11)19-13(21)12(20)18-7-9-5-6-23-8-9/h1-6,8H,7H2,(H,18,20)(H,19,21). The van der Waals surface area contributed by atoms with E-state index in [1.165, 1.54) is 23.5 Å². The third-order valence-corrected chi connectivity index (χ3v) is 3.32. The van der Waals surface area contributed by atoms with Crippen molar-refractivity contribution in [2.75, 3.05) is 5.32 Å². The first-order valence-electron chi connectivity index (χ1n) is 6.29. The number of halogens is 3. The van der Waals surface area contributed by atoms with E-state index >= 15 is 0 Å². The first kappa shape index (κ1) is 16.8. The molecule has 2 amide bonds. The Hall–Kier alpha value is -2.55. The summed E-state index contributed by atoms with van der Waals surface area (Å²) in [7, 11) is 0. The molecule has 1 heterocycles. The van der Waals surface area contributed by atoms with Crippen molar-refractivity contribution in [3.63, 3.8) is 0 Å². The highest BCUT2D eigenvalue weighted by Gasteiger charge is 2.31. The molecule has 0 spiro atoms. The highest BCUT2D eigenvalue weighted by molar-refractivity contribution is 7.07. The lowest BCUT2D eigenvalue weighted by Gasteiger charge is -2.10. The molecule has 5 nitrogen and oxygen atoms in total. The molecule has 122 valence electrons. The molecule has 0 unspecified atom stereocenters. The second kappa shape index (κ2) is 7.14. The Bertz CT molecular complexity index is 670. The first-order valence-corrected chi connectivity index (χ1v) is 7.24. The topological polar surface area (TPSA) is 67.4 Å². The van der Waals surface area contributed by atoms with Crippen molar-refractivity contribution < 1.29 is 27.5 Å². The Morgan fingerprint density at radius 2 is 1.78 bits per heavy atom. The van der Waals surface area contributed by atoms with E-state index in [1.807, 2.05) is 16.8 Å². The van der Waals surface area contributed by atoms with Gasteiger partial charge in [0.05, 0.1) is 0 Å². The van der Waals surface area contributed by atoms with Gasteiger partial charge >= 0.3 is 18.2 Å². The highest BCUT2D eigenvalue weighted by atomic mass is 32.1. The van der Waals surface area contributed by atoms with Gasteiger partial charge < -0.3 is 15.4 Å². The zero-order valence-corrected chi connectivity index (χ0v) is 12.3. The molecule has 1 aromatic carbocycles. The normalized spacial score (nSPS) is 10.9. The van der Waals surface area contributed by atoms with Crippen molar-refractivity contribution in [3.05, 3.63) is 46.7 Å². The lowest BCUT2D eigenvalue weighted by molar-refractivity contribution is -0.274. The lowest BCUT2D eigenvalue weighted by Crippen LogP contribution is -2.34. The SMILES string of the molecule is O=C(NCc1ccsc1)C(=O)Nc1ccc(OC(F)(F)F)cc1. The van der Waals surface area contributed by atoms with Gasteiger partial charge in [0.2, 0.25) is 0 Å². The predicted octanol–water partition coefficient (Wildman–Crippen LogP) is 2.90. The number of amides is 2. The number of nitrogens with one attached hydrogen (secondary N) is 2. The Kier molecular flexibility index (Phi) is 5.22. The summed E-state index contributed by atoms with van der Waals surface area (Å²) in [6.45, 7) is 0.216. The van der Waals surface area contributed by atoms with Gasteiger partial charge in [-0.25, -0.2) is 0 Å². The number of hydrogen-bond acceptors (Lipinski definition) is 4. The number of carbonyl (C=O) groups excluding carboxylic acids is 2. The largest absolute Gasteiger partial charge is 0.573 e. The fraction of sp³-hybridized carbons (Fsp3) is 0.143. The summed E-state index contributed by atoms with van der Waals surface area (Å²) >= 11 is 1.46. The minimum atomic E-state index is -4.79. The molecule has 2 aromatic rings. The maximum Gasteiger partial charge on any atom is 0.573 e. The van der Waals surface area contributed by atoms with Crippen molar-refractivity contribution in [1.29, 1.82) is 0 Å². The number of ether oxygens (including phenoxy) is 1. The van der Waals surface area contributed by atoms with Gasteiger partial charge in [-0.2, -0.15) is 11.3 Å². The lowest BCUT2D eigenvalue weighted by atomic mass is 10.3. The van der Waals surface area contributed by atoms with Crippen LogP contribution < -0.4 is 15.4 Å². The summed E-state index contributed by atoms with van der Waals surface area (Å²) in [6, 6.07) is 6.28. The molecule has 23 heavy (non-hydrogen) atoms. The molecule has 0 bridgehead atoms. The van der Waals surface area contributed by atoms with Crippen LogP contribution in [0.2, 0.25) is 0 Å². The molecule has 0 fully saturated rings. The second-order valence-electron chi connectivity index (χ2n) is 4.34. The van der Waals surface area contributed by atoms with Crippen LogP contribution in [0.4, 0.5) is 18.9 Å². The number of anilines is 1. The first-order chi connectivity index (χ1) is 10.8. The molecule has 2 N–H and O–H groups in total. The average Bonchev–Trinajstić information content (AvgIpc) is 2.98. The van der Waals surface area contributed by atoms with Crippen molar-refractivity contribution >= 4 is 28.8 Å². The number of benzene rings is 1. The summed E-state index contributed by atoms with van der Waals surface area (Å²) in [5.41, 5.74) is 1.04. The molecule has 0 aliphatic heterocycles. The average molecular weight is 344 g/mol. The van der Waals surface area contributed by atoms with Crippen LogP contribution in [-0.2, 0) is 16.1 Å². The summed E-state index contributed by atoms with van der Waals surface area (Å²) in [5.74, 6) is -2.17. The smallest absolute Gasteiger partial charge is 0.406 e. The molecule has 1 aromatic heterocycles. The fourth-order valence-corrected chi connectivity index (χ4v) is 2.25. The second-order valence-corrected chi connectivity index (χ2v) is 5.12. The number of carbonyl (C=O) groups is 2. The minimum Gasteiger partial charge on any atom is -0.406 e. The molecular formula is C14H11F3N2O3S. The Balaban J connectivity index is 1.85. The predicted molar refractivity (Wildman–Crippen MR) is 77.9 cm³/mol. The van der Waals surface area contributed by atoms with E-state index in [4.69, 9.17) is 0 Å².